The Labute approximate surface area is 191 Å². The Morgan fingerprint density at radius 2 is 1.94 bits per heavy atom. The van der Waals surface area contributed by atoms with Crippen LogP contribution in [0.2, 0.25) is 5.02 Å². The van der Waals surface area contributed by atoms with Crippen molar-refractivity contribution < 1.29 is 28.7 Å². The quantitative estimate of drug-likeness (QED) is 0.395. The monoisotopic (exact) mass is 478 g/mol. The number of carbonyl (C=O) groups is 4. The van der Waals surface area contributed by atoms with Crippen molar-refractivity contribution in [3.05, 3.63) is 57.5 Å². The number of anilines is 2. The maximum Gasteiger partial charge on any atom is 0.305 e. The van der Waals surface area contributed by atoms with E-state index in [1.165, 1.54) is 36.5 Å². The number of nitrogen functional groups attached to an aromatic ring is 1. The van der Waals surface area contributed by atoms with E-state index in [4.69, 9.17) is 22.4 Å². The number of hydrogen-bond donors (Lipinski definition) is 4. The molecule has 0 bridgehead atoms. The van der Waals surface area contributed by atoms with Crippen LogP contribution in [0.1, 0.15) is 29.6 Å². The van der Waals surface area contributed by atoms with Crippen LogP contribution >= 0.6 is 11.6 Å². The van der Waals surface area contributed by atoms with Crippen LogP contribution in [0.3, 0.4) is 0 Å². The van der Waals surface area contributed by atoms with Gasteiger partial charge in [0.05, 0.1) is 17.1 Å². The Balaban J connectivity index is 1.84. The van der Waals surface area contributed by atoms with E-state index in [0.29, 0.717) is 0 Å². The second-order valence-corrected chi connectivity index (χ2v) is 7.95. The zero-order valence-electron chi connectivity index (χ0n) is 17.1. The van der Waals surface area contributed by atoms with Crippen LogP contribution in [0.25, 0.3) is 0 Å². The number of Topliss-reactive ketones (excluding diaryl/α,β-unsaturated/α-hetero) is 1. The highest BCUT2D eigenvalue weighted by Gasteiger charge is 2.53. The molecule has 0 saturated heterocycles. The molecular weight excluding hydrogens is 459 g/mol. The lowest BCUT2D eigenvalue weighted by atomic mass is 10.1. The predicted octanol–water partition coefficient (Wildman–Crippen LogP) is 1.32. The number of halogens is 2. The number of ketones is 1. The summed E-state index contributed by atoms with van der Waals surface area (Å²) in [7, 11) is 0. The number of nitrogens with two attached hydrogens (primary N) is 1. The van der Waals surface area contributed by atoms with E-state index in [2.05, 4.69) is 10.6 Å². The van der Waals surface area contributed by atoms with E-state index in [1.54, 1.807) is 0 Å². The summed E-state index contributed by atoms with van der Waals surface area (Å²) in [5.41, 5.74) is 3.88. The number of benzene rings is 1. The molecule has 1 fully saturated rings. The fourth-order valence-corrected chi connectivity index (χ4v) is 3.47. The molecule has 174 valence electrons. The molecular formula is C21H20ClFN4O6. The molecule has 1 aromatic carbocycles. The SMILES string of the molecule is Nc1ccc(C(=O)Nc2cccn(C3(C(=O)N[C@@H](CC(=O)O)C(=O)CF)CC3)c2=O)cc1Cl. The number of hydrogen-bond acceptors (Lipinski definition) is 6. The summed E-state index contributed by atoms with van der Waals surface area (Å²) in [5, 5.41) is 13.8. The minimum atomic E-state index is -1.56. The number of carbonyl (C=O) groups excluding carboxylic acids is 3. The van der Waals surface area contributed by atoms with Crippen molar-refractivity contribution in [2.45, 2.75) is 30.8 Å². The summed E-state index contributed by atoms with van der Waals surface area (Å²) in [6.07, 6.45) is 1.01. The van der Waals surface area contributed by atoms with Crippen LogP contribution in [0.4, 0.5) is 15.8 Å². The number of aromatic nitrogens is 1. The van der Waals surface area contributed by atoms with E-state index < -0.39 is 53.8 Å². The zero-order chi connectivity index (χ0) is 24.3. The van der Waals surface area contributed by atoms with E-state index in [9.17, 15) is 28.4 Å². The van der Waals surface area contributed by atoms with Crippen LogP contribution in [0, 0.1) is 0 Å². The zero-order valence-corrected chi connectivity index (χ0v) is 17.9. The summed E-state index contributed by atoms with van der Waals surface area (Å²) in [5.74, 6) is -3.89. The van der Waals surface area contributed by atoms with Gasteiger partial charge in [-0.2, -0.15) is 0 Å². The van der Waals surface area contributed by atoms with Gasteiger partial charge in [-0.1, -0.05) is 11.6 Å². The molecule has 1 saturated carbocycles. The molecule has 2 amide bonds. The van der Waals surface area contributed by atoms with Gasteiger partial charge in [0, 0.05) is 11.8 Å². The third kappa shape index (κ3) is 5.03. The molecule has 5 N–H and O–H groups in total. The van der Waals surface area contributed by atoms with Crippen LogP contribution < -0.4 is 21.9 Å². The Hall–Kier alpha value is -3.73. The Morgan fingerprint density at radius 1 is 1.24 bits per heavy atom. The summed E-state index contributed by atoms with van der Waals surface area (Å²) in [6, 6.07) is 5.44. The average molecular weight is 479 g/mol. The molecule has 1 aromatic heterocycles. The molecule has 0 unspecified atom stereocenters. The predicted molar refractivity (Wildman–Crippen MR) is 117 cm³/mol. The van der Waals surface area contributed by atoms with Crippen LogP contribution in [0.5, 0.6) is 0 Å². The lowest BCUT2D eigenvalue weighted by Gasteiger charge is -2.22. The molecule has 3 rings (SSSR count). The number of amides is 2. The summed E-state index contributed by atoms with van der Waals surface area (Å²) in [6.45, 7) is -1.44. The number of pyridine rings is 1. The van der Waals surface area contributed by atoms with Gasteiger partial charge < -0.3 is 21.5 Å². The van der Waals surface area contributed by atoms with Gasteiger partial charge in [0.25, 0.3) is 11.5 Å². The summed E-state index contributed by atoms with van der Waals surface area (Å²) >= 11 is 5.93. The first-order valence-corrected chi connectivity index (χ1v) is 10.2. The lowest BCUT2D eigenvalue weighted by Crippen LogP contribution is -2.50. The van der Waals surface area contributed by atoms with Gasteiger partial charge in [0.1, 0.15) is 23.9 Å². The molecule has 10 nitrogen and oxygen atoms in total. The largest absolute Gasteiger partial charge is 0.481 e. The first-order chi connectivity index (χ1) is 15.6. The average Bonchev–Trinajstić information content (AvgIpc) is 3.57. The normalized spacial score (nSPS) is 14.7. The topological polar surface area (TPSA) is 161 Å². The number of nitrogens with zero attached hydrogens (tertiary/aromatic N) is 1. The lowest BCUT2D eigenvalue weighted by molar-refractivity contribution is -0.140. The molecule has 12 heteroatoms. The highest BCUT2D eigenvalue weighted by molar-refractivity contribution is 6.33. The number of aliphatic carboxylic acids is 1. The van der Waals surface area contributed by atoms with Crippen LogP contribution in [-0.2, 0) is 19.9 Å². The Bertz CT molecular complexity index is 1190. The molecule has 0 aliphatic heterocycles. The van der Waals surface area contributed by atoms with Crippen molar-refractivity contribution in [2.24, 2.45) is 0 Å². The van der Waals surface area contributed by atoms with Gasteiger partial charge in [0.15, 0.2) is 5.78 Å². The fraction of sp³-hybridized carbons (Fsp3) is 0.286. The standard InChI is InChI=1S/C21H20ClFN4O6/c22-12-8-11(3-4-13(12)24)18(31)25-14-2-1-7-27(19(14)32)21(5-6-21)20(33)26-15(9-17(29)30)16(28)10-23/h1-4,7-8,15H,5-6,9-10,24H2,(H,25,31)(H,26,33)(H,29,30)/t15-/m0/s1. The van der Waals surface area contributed by atoms with Crippen molar-refractivity contribution >= 4 is 46.5 Å². The third-order valence-electron chi connectivity index (χ3n) is 5.27. The highest BCUT2D eigenvalue weighted by atomic mass is 35.5. The van der Waals surface area contributed by atoms with Gasteiger partial charge in [-0.05, 0) is 43.2 Å². The van der Waals surface area contributed by atoms with Crippen molar-refractivity contribution in [3.8, 4) is 0 Å². The van der Waals surface area contributed by atoms with Crippen molar-refractivity contribution in [1.82, 2.24) is 9.88 Å². The molecule has 1 heterocycles. The molecule has 1 aliphatic rings. The highest BCUT2D eigenvalue weighted by Crippen LogP contribution is 2.43. The van der Waals surface area contributed by atoms with Gasteiger partial charge in [-0.3, -0.25) is 28.5 Å². The van der Waals surface area contributed by atoms with Gasteiger partial charge in [-0.15, -0.1) is 0 Å². The minimum Gasteiger partial charge on any atom is -0.481 e. The van der Waals surface area contributed by atoms with E-state index in [0.717, 1.165) is 4.57 Å². The Kier molecular flexibility index (Phi) is 6.82. The van der Waals surface area contributed by atoms with E-state index >= 15 is 0 Å². The first-order valence-electron chi connectivity index (χ1n) is 9.79. The van der Waals surface area contributed by atoms with Crippen LogP contribution in [-0.4, -0.2) is 46.0 Å². The van der Waals surface area contributed by atoms with E-state index in [1.807, 2.05) is 0 Å². The molecule has 2 aromatic rings. The molecule has 0 spiro atoms. The maximum absolute atomic E-state index is 13.0. The smallest absolute Gasteiger partial charge is 0.305 e. The second-order valence-electron chi connectivity index (χ2n) is 7.54. The number of carboxylic acid groups (broad SMARTS) is 1. The minimum absolute atomic E-state index is 0.114. The van der Waals surface area contributed by atoms with Gasteiger partial charge in [0.2, 0.25) is 5.91 Å². The molecule has 0 radical (unpaired) electrons. The first kappa shape index (κ1) is 23.9. The summed E-state index contributed by atoms with van der Waals surface area (Å²) < 4.78 is 13.9. The maximum atomic E-state index is 13.0. The van der Waals surface area contributed by atoms with Crippen molar-refractivity contribution in [3.63, 3.8) is 0 Å². The van der Waals surface area contributed by atoms with Crippen molar-refractivity contribution in [1.29, 1.82) is 0 Å². The number of rotatable bonds is 9. The fourth-order valence-electron chi connectivity index (χ4n) is 3.29. The van der Waals surface area contributed by atoms with E-state index in [-0.39, 0.29) is 34.8 Å². The van der Waals surface area contributed by atoms with Crippen molar-refractivity contribution in [2.75, 3.05) is 17.7 Å². The Morgan fingerprint density at radius 3 is 2.52 bits per heavy atom. The number of nitrogens with one attached hydrogen (secondary N) is 2. The molecule has 33 heavy (non-hydrogen) atoms. The van der Waals surface area contributed by atoms with Gasteiger partial charge >= 0.3 is 5.97 Å². The third-order valence-corrected chi connectivity index (χ3v) is 5.60. The molecule has 1 atom stereocenters. The second kappa shape index (κ2) is 9.41. The summed E-state index contributed by atoms with van der Waals surface area (Å²) in [4.78, 5) is 61.1. The number of carboxylic acids is 1. The number of alkyl halides is 1. The van der Waals surface area contributed by atoms with Gasteiger partial charge in [-0.25, -0.2) is 4.39 Å². The van der Waals surface area contributed by atoms with Crippen LogP contribution in [0.15, 0.2) is 41.3 Å². The molecule has 1 aliphatic carbocycles.